The SMILES string of the molecule is c1ccc(-c2nc(-n3c4ccccc4c4ccc5sc6ccccc6c5c43)nc3c2-c2ccccc2[Si]3(c2ccccc2)c2ccccc2)cc1. The van der Waals surface area contributed by atoms with Crippen LogP contribution in [0.2, 0.25) is 0 Å². The first-order valence-corrected chi connectivity index (χ1v) is 20.2. The number of thiophene rings is 1. The van der Waals surface area contributed by atoms with Gasteiger partial charge in [-0.25, -0.2) is 9.97 Å². The molecule has 11 rings (SSSR count). The van der Waals surface area contributed by atoms with Crippen LogP contribution in [-0.4, -0.2) is 22.6 Å². The number of nitrogens with zero attached hydrogens (tertiary/aromatic N) is 3. The summed E-state index contributed by atoms with van der Waals surface area (Å²) in [7, 11) is -2.92. The predicted octanol–water partition coefficient (Wildman–Crippen LogP) is 8.97. The summed E-state index contributed by atoms with van der Waals surface area (Å²) in [6.45, 7) is 0. The van der Waals surface area contributed by atoms with Crippen molar-refractivity contribution in [1.29, 1.82) is 0 Å². The number of aromatic nitrogens is 3. The molecule has 0 radical (unpaired) electrons. The zero-order valence-electron chi connectivity index (χ0n) is 27.5. The lowest BCUT2D eigenvalue weighted by molar-refractivity contribution is 1.01. The molecule has 0 bridgehead atoms. The Kier molecular flexibility index (Phi) is 6.14. The Bertz CT molecular complexity index is 2930. The number of hydrogen-bond acceptors (Lipinski definition) is 3. The van der Waals surface area contributed by atoms with Gasteiger partial charge in [-0.3, -0.25) is 4.57 Å². The zero-order chi connectivity index (χ0) is 33.5. The quantitative estimate of drug-likeness (QED) is 0.174. The fourth-order valence-corrected chi connectivity index (χ4v) is 14.7. The molecule has 1 aliphatic heterocycles. The minimum Gasteiger partial charge on any atom is -0.277 e. The first-order chi connectivity index (χ1) is 25.3. The van der Waals surface area contributed by atoms with Crippen LogP contribution in [-0.2, 0) is 0 Å². The van der Waals surface area contributed by atoms with Gasteiger partial charge in [-0.2, -0.15) is 0 Å². The highest BCUT2D eigenvalue weighted by Gasteiger charge is 2.51. The molecule has 0 saturated carbocycles. The van der Waals surface area contributed by atoms with E-state index < -0.39 is 8.07 Å². The van der Waals surface area contributed by atoms with Crippen LogP contribution in [0.3, 0.4) is 0 Å². The highest BCUT2D eigenvalue weighted by molar-refractivity contribution is 7.26. The Morgan fingerprint density at radius 2 is 1.12 bits per heavy atom. The molecule has 0 amide bonds. The van der Waals surface area contributed by atoms with E-state index >= 15 is 0 Å². The maximum atomic E-state index is 5.89. The van der Waals surface area contributed by atoms with Crippen molar-refractivity contribution in [2.75, 3.05) is 0 Å². The highest BCUT2D eigenvalue weighted by Crippen LogP contribution is 2.43. The van der Waals surface area contributed by atoms with Crippen LogP contribution in [0.4, 0.5) is 0 Å². The Morgan fingerprint density at radius 1 is 0.490 bits per heavy atom. The number of benzene rings is 7. The third-order valence-corrected chi connectivity index (χ3v) is 16.5. The third-order valence-electron chi connectivity index (χ3n) is 10.7. The van der Waals surface area contributed by atoms with Crippen LogP contribution in [0.5, 0.6) is 0 Å². The molecule has 0 aliphatic carbocycles. The van der Waals surface area contributed by atoms with E-state index in [4.69, 9.17) is 9.97 Å². The molecule has 0 fully saturated rings. The fraction of sp³-hybridized carbons (Fsp3) is 0. The van der Waals surface area contributed by atoms with E-state index in [1.54, 1.807) is 0 Å². The summed E-state index contributed by atoms with van der Waals surface area (Å²) in [4.78, 5) is 11.5. The van der Waals surface area contributed by atoms with E-state index in [1.165, 1.54) is 52.1 Å². The standard InChI is InChI=1S/C46H29N3SSi/c1-4-16-30(17-5-1)43-42-36-24-12-15-27-40(36)51(31-18-6-2-7-19-31,32-20-8-3-9-21-32)45(42)48-46(47-43)49-37-25-13-10-22-33(37)34-28-29-39-41(44(34)49)35-23-11-14-26-38(35)50-39/h1-29H. The fourth-order valence-electron chi connectivity index (χ4n) is 8.64. The average Bonchev–Trinajstić information content (AvgIpc) is 3.85. The Labute approximate surface area is 299 Å². The van der Waals surface area contributed by atoms with E-state index in [2.05, 4.69) is 180 Å². The molecule has 0 N–H and O–H groups in total. The van der Waals surface area contributed by atoms with Gasteiger partial charge in [-0.05, 0) is 39.3 Å². The molecular formula is C46H29N3SSi. The molecule has 5 heteroatoms. The van der Waals surface area contributed by atoms with Crippen LogP contribution in [0.15, 0.2) is 176 Å². The summed E-state index contributed by atoms with van der Waals surface area (Å²) in [6, 6.07) is 64.0. The van der Waals surface area contributed by atoms with Crippen LogP contribution in [0.1, 0.15) is 0 Å². The van der Waals surface area contributed by atoms with Crippen molar-refractivity contribution in [2.45, 2.75) is 0 Å². The number of hydrogen-bond donors (Lipinski definition) is 0. The molecule has 3 nitrogen and oxygen atoms in total. The van der Waals surface area contributed by atoms with Gasteiger partial charge in [-0.15, -0.1) is 11.3 Å². The first kappa shape index (κ1) is 28.7. The molecule has 7 aromatic carbocycles. The van der Waals surface area contributed by atoms with E-state index in [0.717, 1.165) is 33.2 Å². The van der Waals surface area contributed by atoms with Crippen LogP contribution >= 0.6 is 11.3 Å². The summed E-state index contributed by atoms with van der Waals surface area (Å²) >= 11 is 1.85. The second-order valence-electron chi connectivity index (χ2n) is 13.3. The van der Waals surface area contributed by atoms with E-state index in [9.17, 15) is 0 Å². The average molecular weight is 684 g/mol. The van der Waals surface area contributed by atoms with Crippen molar-refractivity contribution in [1.82, 2.24) is 14.5 Å². The lowest BCUT2D eigenvalue weighted by Gasteiger charge is -2.30. The molecule has 1 aliphatic rings. The molecule has 10 aromatic rings. The van der Waals surface area contributed by atoms with Gasteiger partial charge in [0.1, 0.15) is 0 Å². The lowest BCUT2D eigenvalue weighted by atomic mass is 10.0. The third kappa shape index (κ3) is 3.93. The van der Waals surface area contributed by atoms with E-state index in [-0.39, 0.29) is 0 Å². The van der Waals surface area contributed by atoms with Gasteiger partial charge in [-0.1, -0.05) is 158 Å². The van der Waals surface area contributed by atoms with Gasteiger partial charge >= 0.3 is 0 Å². The second kappa shape index (κ2) is 10.9. The van der Waals surface area contributed by atoms with E-state index in [0.29, 0.717) is 5.95 Å². The van der Waals surface area contributed by atoms with Gasteiger partial charge in [0.05, 0.1) is 22.0 Å². The van der Waals surface area contributed by atoms with Crippen LogP contribution < -0.4 is 20.9 Å². The van der Waals surface area contributed by atoms with Gasteiger partial charge in [0.2, 0.25) is 14.0 Å². The normalized spacial score (nSPS) is 13.3. The van der Waals surface area contributed by atoms with Crippen LogP contribution in [0, 0.1) is 0 Å². The summed E-state index contributed by atoms with van der Waals surface area (Å²) in [5.74, 6) is 0.707. The van der Waals surface area contributed by atoms with E-state index in [1.807, 2.05) is 11.3 Å². The summed E-state index contributed by atoms with van der Waals surface area (Å²) in [6.07, 6.45) is 0. The zero-order valence-corrected chi connectivity index (χ0v) is 29.3. The molecule has 0 spiro atoms. The molecular weight excluding hydrogens is 655 g/mol. The number of para-hydroxylation sites is 1. The Balaban J connectivity index is 1.36. The Hall–Kier alpha value is -6.14. The van der Waals surface area contributed by atoms with Crippen molar-refractivity contribution < 1.29 is 0 Å². The highest BCUT2D eigenvalue weighted by atomic mass is 32.1. The molecule has 51 heavy (non-hydrogen) atoms. The maximum absolute atomic E-state index is 5.89. The molecule has 0 unspecified atom stereocenters. The summed E-state index contributed by atoms with van der Waals surface area (Å²) in [5.41, 5.74) is 6.70. The smallest absolute Gasteiger partial charge is 0.235 e. The van der Waals surface area contributed by atoms with Gasteiger partial charge in [0.25, 0.3) is 0 Å². The Morgan fingerprint density at radius 3 is 1.88 bits per heavy atom. The van der Waals surface area contributed by atoms with Crippen molar-refractivity contribution in [2.24, 2.45) is 0 Å². The van der Waals surface area contributed by atoms with Gasteiger partial charge < -0.3 is 0 Å². The van der Waals surface area contributed by atoms with Crippen molar-refractivity contribution >= 4 is 82.3 Å². The molecule has 238 valence electrons. The monoisotopic (exact) mass is 683 g/mol. The minimum absolute atomic E-state index is 0.707. The lowest BCUT2D eigenvalue weighted by Crippen LogP contribution is -2.73. The van der Waals surface area contributed by atoms with Crippen LogP contribution in [0.25, 0.3) is 70.3 Å². The predicted molar refractivity (Wildman–Crippen MR) is 217 cm³/mol. The largest absolute Gasteiger partial charge is 0.277 e. The molecule has 3 aromatic heterocycles. The molecule has 0 atom stereocenters. The topological polar surface area (TPSA) is 30.7 Å². The molecule has 4 heterocycles. The summed E-state index contributed by atoms with van der Waals surface area (Å²) in [5, 5.41) is 10.1. The van der Waals surface area contributed by atoms with Gasteiger partial charge in [0.15, 0.2) is 0 Å². The van der Waals surface area contributed by atoms with Gasteiger partial charge in [0, 0.05) is 42.1 Å². The van der Waals surface area contributed by atoms with Crippen molar-refractivity contribution in [3.63, 3.8) is 0 Å². The molecule has 0 saturated heterocycles. The maximum Gasteiger partial charge on any atom is 0.235 e. The number of rotatable bonds is 4. The summed E-state index contributed by atoms with van der Waals surface area (Å²) < 4.78 is 4.91. The first-order valence-electron chi connectivity index (χ1n) is 17.3. The second-order valence-corrected chi connectivity index (χ2v) is 18.0. The van der Waals surface area contributed by atoms with Crippen molar-refractivity contribution in [3.8, 4) is 28.3 Å². The van der Waals surface area contributed by atoms with Crippen molar-refractivity contribution in [3.05, 3.63) is 176 Å². The number of fused-ring (bicyclic) bond motifs is 10. The minimum atomic E-state index is -2.92.